The zero-order valence-corrected chi connectivity index (χ0v) is 16.7. The fraction of sp³-hybridized carbons (Fsp3) is 0.286. The molecule has 27 heavy (non-hydrogen) atoms. The molecule has 0 saturated heterocycles. The second-order valence-corrected chi connectivity index (χ2v) is 8.70. The van der Waals surface area contributed by atoms with Gasteiger partial charge in [-0.15, -0.1) is 0 Å². The zero-order valence-electron chi connectivity index (χ0n) is 15.8. The van der Waals surface area contributed by atoms with Crippen LogP contribution in [0.15, 0.2) is 59.5 Å². The van der Waals surface area contributed by atoms with Crippen LogP contribution in [0, 0.1) is 6.92 Å². The highest BCUT2D eigenvalue weighted by molar-refractivity contribution is 7.90. The Balaban J connectivity index is 1.55. The number of anilines is 1. The van der Waals surface area contributed by atoms with Crippen molar-refractivity contribution in [3.8, 4) is 5.75 Å². The Bertz CT molecular complexity index is 1030. The van der Waals surface area contributed by atoms with E-state index in [1.54, 1.807) is 24.3 Å². The third kappa shape index (κ3) is 4.77. The first-order valence-corrected chi connectivity index (χ1v) is 10.7. The third-order valence-electron chi connectivity index (χ3n) is 4.46. The molecule has 0 bridgehead atoms. The van der Waals surface area contributed by atoms with E-state index in [0.717, 1.165) is 24.3 Å². The molecule has 0 radical (unpaired) electrons. The van der Waals surface area contributed by atoms with E-state index in [4.69, 9.17) is 9.72 Å². The van der Waals surface area contributed by atoms with E-state index >= 15 is 0 Å². The molecule has 1 heterocycles. The fourth-order valence-electron chi connectivity index (χ4n) is 2.92. The highest BCUT2D eigenvalue weighted by Gasteiger charge is 2.08. The van der Waals surface area contributed by atoms with Gasteiger partial charge in [0.15, 0.2) is 9.84 Å². The van der Waals surface area contributed by atoms with E-state index in [-0.39, 0.29) is 0 Å². The minimum Gasteiger partial charge on any atom is -0.494 e. The second-order valence-electron chi connectivity index (χ2n) is 6.68. The molecule has 0 unspecified atom stereocenters. The number of ether oxygens (including phenoxy) is 1. The van der Waals surface area contributed by atoms with Gasteiger partial charge in [-0.3, -0.25) is 0 Å². The van der Waals surface area contributed by atoms with Crippen LogP contribution in [-0.2, 0) is 9.84 Å². The van der Waals surface area contributed by atoms with Gasteiger partial charge in [-0.05, 0) is 55.3 Å². The van der Waals surface area contributed by atoms with Gasteiger partial charge < -0.3 is 9.64 Å². The van der Waals surface area contributed by atoms with Crippen LogP contribution in [-0.4, -0.2) is 39.9 Å². The molecule has 2 aromatic carbocycles. The minimum absolute atomic E-state index is 0.298. The number of fused-ring (bicyclic) bond motifs is 1. The smallest absolute Gasteiger partial charge is 0.175 e. The molecule has 0 spiro atoms. The van der Waals surface area contributed by atoms with Crippen LogP contribution in [0.5, 0.6) is 5.75 Å². The van der Waals surface area contributed by atoms with Crippen molar-refractivity contribution in [3.05, 3.63) is 60.2 Å². The van der Waals surface area contributed by atoms with Gasteiger partial charge in [0.25, 0.3) is 0 Å². The lowest BCUT2D eigenvalue weighted by Crippen LogP contribution is -2.21. The summed E-state index contributed by atoms with van der Waals surface area (Å²) in [6.07, 6.45) is 2.03. The summed E-state index contributed by atoms with van der Waals surface area (Å²) in [4.78, 5) is 7.15. The number of hydrogen-bond donors (Lipinski definition) is 0. The summed E-state index contributed by atoms with van der Waals surface area (Å²) >= 11 is 0. The zero-order chi connectivity index (χ0) is 19.4. The van der Waals surface area contributed by atoms with Gasteiger partial charge in [-0.25, -0.2) is 13.4 Å². The normalized spacial score (nSPS) is 11.5. The van der Waals surface area contributed by atoms with Crippen LogP contribution in [0.2, 0.25) is 0 Å². The number of para-hydroxylation sites is 1. The summed E-state index contributed by atoms with van der Waals surface area (Å²) in [5.41, 5.74) is 2.21. The number of aromatic nitrogens is 1. The molecule has 0 atom stereocenters. The molecule has 3 aromatic rings. The largest absolute Gasteiger partial charge is 0.494 e. The molecule has 0 aliphatic carbocycles. The Hall–Kier alpha value is -2.60. The number of nitrogens with zero attached hydrogens (tertiary/aromatic N) is 2. The van der Waals surface area contributed by atoms with Crippen molar-refractivity contribution in [2.45, 2.75) is 18.2 Å². The summed E-state index contributed by atoms with van der Waals surface area (Å²) in [6, 6.07) is 16.8. The van der Waals surface area contributed by atoms with Gasteiger partial charge in [0.1, 0.15) is 11.6 Å². The summed E-state index contributed by atoms with van der Waals surface area (Å²) in [6.45, 7) is 3.46. The highest BCUT2D eigenvalue weighted by Crippen LogP contribution is 2.22. The lowest BCUT2D eigenvalue weighted by Gasteiger charge is -2.19. The fourth-order valence-corrected chi connectivity index (χ4v) is 3.55. The van der Waals surface area contributed by atoms with E-state index < -0.39 is 9.84 Å². The topological polar surface area (TPSA) is 59.5 Å². The number of hydrogen-bond acceptors (Lipinski definition) is 5. The average Bonchev–Trinajstić information content (AvgIpc) is 2.64. The molecule has 6 heteroatoms. The quantitative estimate of drug-likeness (QED) is 0.579. The van der Waals surface area contributed by atoms with E-state index in [1.165, 1.54) is 17.2 Å². The summed E-state index contributed by atoms with van der Waals surface area (Å²) in [5.74, 6) is 1.62. The molecule has 0 aliphatic rings. The van der Waals surface area contributed by atoms with Gasteiger partial charge in [0.05, 0.1) is 17.0 Å². The lowest BCUT2D eigenvalue weighted by molar-refractivity contribution is 0.312. The van der Waals surface area contributed by atoms with Crippen LogP contribution in [0.4, 0.5) is 5.82 Å². The molecule has 1 aromatic heterocycles. The molecule has 0 N–H and O–H groups in total. The minimum atomic E-state index is -3.18. The second kappa shape index (κ2) is 7.96. The molecule has 0 fully saturated rings. The van der Waals surface area contributed by atoms with Crippen LogP contribution in [0.1, 0.15) is 12.0 Å². The predicted octanol–water partition coefficient (Wildman–Crippen LogP) is 3.85. The average molecular weight is 385 g/mol. The maximum Gasteiger partial charge on any atom is 0.175 e. The monoisotopic (exact) mass is 384 g/mol. The summed E-state index contributed by atoms with van der Waals surface area (Å²) in [5, 5.41) is 1.18. The number of sulfone groups is 1. The van der Waals surface area contributed by atoms with Crippen molar-refractivity contribution in [1.29, 1.82) is 0 Å². The SMILES string of the molecule is Cc1cc(N(C)CCCOc2ccc(S(C)(=O)=O)cc2)nc2ccccc12. The van der Waals surface area contributed by atoms with E-state index in [9.17, 15) is 8.42 Å². The standard InChI is InChI=1S/C21H24N2O3S/c1-16-15-21(22-20-8-5-4-7-19(16)20)23(2)13-6-14-26-17-9-11-18(12-10-17)27(3,24)25/h4-5,7-12,15H,6,13-14H2,1-3H3. The Morgan fingerprint density at radius 2 is 1.78 bits per heavy atom. The Morgan fingerprint density at radius 1 is 1.07 bits per heavy atom. The van der Waals surface area contributed by atoms with E-state index in [2.05, 4.69) is 24.0 Å². The molecular weight excluding hydrogens is 360 g/mol. The number of benzene rings is 2. The first-order chi connectivity index (χ1) is 12.8. The number of aryl methyl sites for hydroxylation is 1. The van der Waals surface area contributed by atoms with Crippen molar-refractivity contribution in [2.75, 3.05) is 31.4 Å². The molecule has 0 aliphatic heterocycles. The Labute approximate surface area is 160 Å². The van der Waals surface area contributed by atoms with Gasteiger partial charge in [0, 0.05) is 25.2 Å². The van der Waals surface area contributed by atoms with Gasteiger partial charge in [-0.1, -0.05) is 18.2 Å². The van der Waals surface area contributed by atoms with E-state index in [0.29, 0.717) is 17.3 Å². The first kappa shape index (κ1) is 19.2. The van der Waals surface area contributed by atoms with E-state index in [1.807, 2.05) is 25.2 Å². The van der Waals surface area contributed by atoms with Crippen molar-refractivity contribution >= 4 is 26.6 Å². The van der Waals surface area contributed by atoms with Gasteiger partial charge in [-0.2, -0.15) is 0 Å². The van der Waals surface area contributed by atoms with Crippen LogP contribution in [0.25, 0.3) is 10.9 Å². The molecule has 0 amide bonds. The molecule has 142 valence electrons. The van der Waals surface area contributed by atoms with Gasteiger partial charge in [0.2, 0.25) is 0 Å². The van der Waals surface area contributed by atoms with Crippen LogP contribution < -0.4 is 9.64 Å². The predicted molar refractivity (Wildman–Crippen MR) is 109 cm³/mol. The number of rotatable bonds is 7. The Kier molecular flexibility index (Phi) is 5.65. The van der Waals surface area contributed by atoms with Crippen molar-refractivity contribution in [1.82, 2.24) is 4.98 Å². The molecule has 3 rings (SSSR count). The number of pyridine rings is 1. The van der Waals surface area contributed by atoms with Crippen molar-refractivity contribution < 1.29 is 13.2 Å². The Morgan fingerprint density at radius 3 is 2.48 bits per heavy atom. The van der Waals surface area contributed by atoms with Crippen molar-refractivity contribution in [2.24, 2.45) is 0 Å². The molecule has 5 nitrogen and oxygen atoms in total. The van der Waals surface area contributed by atoms with Crippen molar-refractivity contribution in [3.63, 3.8) is 0 Å². The summed E-state index contributed by atoms with van der Waals surface area (Å²) < 4.78 is 28.6. The van der Waals surface area contributed by atoms with Crippen LogP contribution >= 0.6 is 0 Å². The third-order valence-corrected chi connectivity index (χ3v) is 5.59. The summed E-state index contributed by atoms with van der Waals surface area (Å²) in [7, 11) is -1.15. The van der Waals surface area contributed by atoms with Gasteiger partial charge >= 0.3 is 0 Å². The lowest BCUT2D eigenvalue weighted by atomic mass is 10.1. The molecular formula is C21H24N2O3S. The maximum atomic E-state index is 11.5. The maximum absolute atomic E-state index is 11.5. The molecule has 0 saturated carbocycles. The highest BCUT2D eigenvalue weighted by atomic mass is 32.2. The first-order valence-electron chi connectivity index (χ1n) is 8.85. The van der Waals surface area contributed by atoms with Crippen LogP contribution in [0.3, 0.4) is 0 Å².